The van der Waals surface area contributed by atoms with E-state index in [9.17, 15) is 44.6 Å². The second kappa shape index (κ2) is 8.95. The normalized spacial score (nSPS) is 14.7. The van der Waals surface area contributed by atoms with E-state index in [1.165, 1.54) is 0 Å². The zero-order valence-electron chi connectivity index (χ0n) is 15.9. The van der Waals surface area contributed by atoms with Gasteiger partial charge in [-0.15, -0.1) is 0 Å². The number of alkyl halides is 9. The molecule has 0 fully saturated rings. The van der Waals surface area contributed by atoms with Crippen LogP contribution in [0.15, 0.2) is 30.5 Å². The largest absolute Gasteiger partial charge is 0.433 e. The number of methoxy groups -OCH3 is 1. The SMILES string of the molecule is COC(CC(O)c1ccnc(C(F)(F)F)c1)c1cc(C(F)(F)F)c(C#N)c(C(F)(F)F)c1. The molecule has 0 radical (unpaired) electrons. The molecule has 0 bridgehead atoms. The van der Waals surface area contributed by atoms with E-state index in [4.69, 9.17) is 10.00 Å². The number of nitrogens with zero attached hydrogens (tertiary/aromatic N) is 2. The molecule has 1 aromatic carbocycles. The third kappa shape index (κ3) is 5.68. The van der Waals surface area contributed by atoms with Crippen LogP contribution in [0, 0.1) is 11.3 Å². The summed E-state index contributed by atoms with van der Waals surface area (Å²) < 4.78 is 123. The summed E-state index contributed by atoms with van der Waals surface area (Å²) in [5.41, 5.74) is -7.69. The molecule has 1 heterocycles. The minimum Gasteiger partial charge on any atom is -0.388 e. The van der Waals surface area contributed by atoms with Gasteiger partial charge in [-0.25, -0.2) is 0 Å². The molecule has 0 amide bonds. The number of aromatic nitrogens is 1. The van der Waals surface area contributed by atoms with Crippen LogP contribution in [0.4, 0.5) is 39.5 Å². The molecular weight excluding hydrogens is 459 g/mol. The van der Waals surface area contributed by atoms with Crippen LogP contribution in [0.2, 0.25) is 0 Å². The molecule has 174 valence electrons. The summed E-state index contributed by atoms with van der Waals surface area (Å²) in [5.74, 6) is 0. The van der Waals surface area contributed by atoms with Crippen LogP contribution < -0.4 is 0 Å². The van der Waals surface area contributed by atoms with Crippen LogP contribution in [0.1, 0.15) is 52.1 Å². The molecule has 1 N–H and O–H groups in total. The van der Waals surface area contributed by atoms with E-state index in [2.05, 4.69) is 4.98 Å². The number of rotatable bonds is 5. The Labute approximate surface area is 174 Å². The maximum atomic E-state index is 13.3. The summed E-state index contributed by atoms with van der Waals surface area (Å²) in [5, 5.41) is 19.1. The predicted octanol–water partition coefficient (Wildman–Crippen LogP) is 5.82. The molecular formula is C19H13F9N2O2. The number of nitriles is 1. The van der Waals surface area contributed by atoms with Crippen molar-refractivity contribution in [3.63, 3.8) is 0 Å². The number of pyridine rings is 1. The molecule has 2 unspecified atom stereocenters. The van der Waals surface area contributed by atoms with Crippen molar-refractivity contribution in [2.24, 2.45) is 0 Å². The number of ether oxygens (including phenoxy) is 1. The number of halogens is 9. The van der Waals surface area contributed by atoms with Gasteiger partial charge in [-0.3, -0.25) is 4.98 Å². The van der Waals surface area contributed by atoms with E-state index in [1.807, 2.05) is 0 Å². The lowest BCUT2D eigenvalue weighted by Crippen LogP contribution is -2.18. The summed E-state index contributed by atoms with van der Waals surface area (Å²) in [6, 6.07) is 2.97. The van der Waals surface area contributed by atoms with E-state index >= 15 is 0 Å². The molecule has 0 saturated carbocycles. The second-order valence-electron chi connectivity index (χ2n) is 6.55. The van der Waals surface area contributed by atoms with Gasteiger partial charge >= 0.3 is 18.5 Å². The average Bonchev–Trinajstić information content (AvgIpc) is 2.69. The third-order valence-corrected chi connectivity index (χ3v) is 4.44. The van der Waals surface area contributed by atoms with Crippen molar-refractivity contribution in [1.29, 1.82) is 5.26 Å². The lowest BCUT2D eigenvalue weighted by molar-refractivity contribution is -0.144. The van der Waals surface area contributed by atoms with Gasteiger partial charge in [0.15, 0.2) is 0 Å². The minimum atomic E-state index is -5.31. The predicted molar refractivity (Wildman–Crippen MR) is 89.7 cm³/mol. The Kier molecular flexibility index (Phi) is 7.11. The highest BCUT2D eigenvalue weighted by molar-refractivity contribution is 5.50. The molecule has 0 aliphatic rings. The van der Waals surface area contributed by atoms with Crippen LogP contribution in [-0.4, -0.2) is 17.2 Å². The van der Waals surface area contributed by atoms with Gasteiger partial charge in [0, 0.05) is 19.7 Å². The van der Waals surface area contributed by atoms with Gasteiger partial charge in [0.1, 0.15) is 11.8 Å². The highest BCUT2D eigenvalue weighted by Crippen LogP contribution is 2.42. The van der Waals surface area contributed by atoms with Crippen molar-refractivity contribution in [2.75, 3.05) is 7.11 Å². The Morgan fingerprint density at radius 1 is 0.938 bits per heavy atom. The first-order valence-corrected chi connectivity index (χ1v) is 8.56. The van der Waals surface area contributed by atoms with Crippen LogP contribution in [0.25, 0.3) is 0 Å². The molecule has 4 nitrogen and oxygen atoms in total. The Morgan fingerprint density at radius 3 is 1.88 bits per heavy atom. The fourth-order valence-electron chi connectivity index (χ4n) is 2.93. The van der Waals surface area contributed by atoms with Gasteiger partial charge < -0.3 is 9.84 Å². The molecule has 2 atom stereocenters. The van der Waals surface area contributed by atoms with Crippen molar-refractivity contribution in [1.82, 2.24) is 4.98 Å². The summed E-state index contributed by atoms with van der Waals surface area (Å²) in [6.07, 6.45) is -18.7. The standard InChI is InChI=1S/C19H13F9N2O2/c1-32-15(7-14(31)9-2-3-30-16(6-9)19(26,27)28)10-4-12(17(20,21)22)11(8-29)13(5-10)18(23,24)25/h2-6,14-15,31H,7H2,1H3. The molecule has 2 aromatic rings. The molecule has 0 saturated heterocycles. The van der Waals surface area contributed by atoms with Crippen molar-refractivity contribution in [3.8, 4) is 6.07 Å². The van der Waals surface area contributed by atoms with Crippen LogP contribution in [-0.2, 0) is 23.3 Å². The van der Waals surface area contributed by atoms with Crippen LogP contribution >= 0.6 is 0 Å². The smallest absolute Gasteiger partial charge is 0.388 e. The van der Waals surface area contributed by atoms with Crippen molar-refractivity contribution in [2.45, 2.75) is 37.2 Å². The lowest BCUT2D eigenvalue weighted by atomic mass is 9.92. The Bertz CT molecular complexity index is 973. The van der Waals surface area contributed by atoms with Gasteiger partial charge in [-0.1, -0.05) is 0 Å². The van der Waals surface area contributed by atoms with Crippen molar-refractivity contribution < 1.29 is 49.4 Å². The summed E-state index contributed by atoms with van der Waals surface area (Å²) in [6.45, 7) is 0. The van der Waals surface area contributed by atoms with Gasteiger partial charge in [0.05, 0.1) is 28.9 Å². The molecule has 1 aromatic heterocycles. The number of hydrogen-bond donors (Lipinski definition) is 1. The maximum Gasteiger partial charge on any atom is 0.433 e. The highest BCUT2D eigenvalue weighted by Gasteiger charge is 2.42. The zero-order valence-corrected chi connectivity index (χ0v) is 15.9. The summed E-state index contributed by atoms with van der Waals surface area (Å²) in [7, 11) is 0.934. The number of aliphatic hydroxyl groups is 1. The summed E-state index contributed by atoms with van der Waals surface area (Å²) >= 11 is 0. The van der Waals surface area contributed by atoms with Crippen LogP contribution in [0.5, 0.6) is 0 Å². The monoisotopic (exact) mass is 472 g/mol. The van der Waals surface area contributed by atoms with Gasteiger partial charge in [0.25, 0.3) is 0 Å². The topological polar surface area (TPSA) is 66.1 Å². The molecule has 13 heteroatoms. The van der Waals surface area contributed by atoms with Crippen molar-refractivity contribution >= 4 is 0 Å². The second-order valence-corrected chi connectivity index (χ2v) is 6.55. The number of hydrogen-bond acceptors (Lipinski definition) is 4. The summed E-state index contributed by atoms with van der Waals surface area (Å²) in [4.78, 5) is 3.10. The molecule has 0 aliphatic carbocycles. The number of aliphatic hydroxyl groups excluding tert-OH is 1. The van der Waals surface area contributed by atoms with E-state index in [-0.39, 0.29) is 17.7 Å². The van der Waals surface area contributed by atoms with Crippen molar-refractivity contribution in [3.05, 3.63) is 64.0 Å². The quantitative estimate of drug-likeness (QED) is 0.557. The third-order valence-electron chi connectivity index (χ3n) is 4.44. The maximum absolute atomic E-state index is 13.3. The van der Waals surface area contributed by atoms with Gasteiger partial charge in [-0.05, 0) is 35.4 Å². The zero-order chi connectivity index (χ0) is 24.5. The fourth-order valence-corrected chi connectivity index (χ4v) is 2.93. The average molecular weight is 472 g/mol. The van der Waals surface area contributed by atoms with E-state index in [0.29, 0.717) is 6.07 Å². The number of benzene rings is 1. The Hall–Kier alpha value is -2.85. The highest BCUT2D eigenvalue weighted by atomic mass is 19.4. The Balaban J connectivity index is 2.52. The van der Waals surface area contributed by atoms with E-state index < -0.39 is 65.1 Å². The first kappa shape index (κ1) is 25.4. The molecule has 0 spiro atoms. The van der Waals surface area contributed by atoms with Gasteiger partial charge in [0.2, 0.25) is 0 Å². The molecule has 0 aliphatic heterocycles. The van der Waals surface area contributed by atoms with E-state index in [1.54, 1.807) is 0 Å². The minimum absolute atomic E-state index is 0.280. The van der Waals surface area contributed by atoms with E-state index in [0.717, 1.165) is 25.4 Å². The molecule has 32 heavy (non-hydrogen) atoms. The Morgan fingerprint density at radius 2 is 1.47 bits per heavy atom. The molecule has 2 rings (SSSR count). The first-order chi connectivity index (χ1) is 14.6. The van der Waals surface area contributed by atoms with Gasteiger partial charge in [-0.2, -0.15) is 44.8 Å². The lowest BCUT2D eigenvalue weighted by Gasteiger charge is -2.23. The first-order valence-electron chi connectivity index (χ1n) is 8.56. The van der Waals surface area contributed by atoms with Crippen LogP contribution in [0.3, 0.4) is 0 Å². The fraction of sp³-hybridized carbons (Fsp3) is 0.368.